The molecule has 1 N–H and O–H groups in total. The minimum absolute atomic E-state index is 0.00712. The van der Waals surface area contributed by atoms with Gasteiger partial charge in [0.25, 0.3) is 0 Å². The Morgan fingerprint density at radius 3 is 2.74 bits per heavy atom. The van der Waals surface area contributed by atoms with Crippen LogP contribution in [0.4, 0.5) is 10.2 Å². The Kier molecular flexibility index (Phi) is 4.70. The molecule has 0 spiro atoms. The highest BCUT2D eigenvalue weighted by molar-refractivity contribution is 5.97. The Balaban J connectivity index is 2.02. The highest BCUT2D eigenvalue weighted by Crippen LogP contribution is 2.41. The van der Waals surface area contributed by atoms with E-state index in [1.807, 2.05) is 13.8 Å². The molecule has 0 unspecified atom stereocenters. The molecule has 1 atom stereocenters. The molecule has 5 nitrogen and oxygen atoms in total. The van der Waals surface area contributed by atoms with Crippen LogP contribution in [0, 0.1) is 5.82 Å². The summed E-state index contributed by atoms with van der Waals surface area (Å²) in [6.07, 6.45) is 1.24. The van der Waals surface area contributed by atoms with E-state index in [0.717, 1.165) is 28.8 Å². The normalized spacial score (nSPS) is 19.2. The largest absolute Gasteiger partial charge is 0.392 e. The Morgan fingerprint density at radius 1 is 1.33 bits per heavy atom. The number of pyridine rings is 1. The molecule has 1 fully saturated rings. The zero-order valence-electron chi connectivity index (χ0n) is 15.5. The smallest absolute Gasteiger partial charge is 0.228 e. The zero-order valence-corrected chi connectivity index (χ0v) is 15.5. The van der Waals surface area contributed by atoms with Gasteiger partial charge in [0.05, 0.1) is 31.6 Å². The van der Waals surface area contributed by atoms with E-state index in [-0.39, 0.29) is 30.3 Å². The predicted molar refractivity (Wildman–Crippen MR) is 99.8 cm³/mol. The molecule has 3 heterocycles. The number of aliphatic hydroxyl groups excluding tert-OH is 1. The minimum Gasteiger partial charge on any atom is -0.392 e. The van der Waals surface area contributed by atoms with Gasteiger partial charge in [0.2, 0.25) is 5.91 Å². The van der Waals surface area contributed by atoms with Gasteiger partial charge in [0.1, 0.15) is 11.6 Å². The number of rotatable bonds is 3. The van der Waals surface area contributed by atoms with E-state index in [1.165, 1.54) is 12.1 Å². The second kappa shape index (κ2) is 7.02. The maximum atomic E-state index is 13.5. The van der Waals surface area contributed by atoms with Crippen molar-refractivity contribution < 1.29 is 19.0 Å². The number of nitrogens with zero attached hydrogens (tertiary/aromatic N) is 2. The lowest BCUT2D eigenvalue weighted by atomic mass is 9.90. The van der Waals surface area contributed by atoms with Crippen molar-refractivity contribution in [3.8, 4) is 11.1 Å². The Morgan fingerprint density at radius 2 is 2.07 bits per heavy atom. The summed E-state index contributed by atoms with van der Waals surface area (Å²) < 4.78 is 19.4. The molecule has 4 rings (SSSR count). The molecular formula is C21H23FN2O3. The van der Waals surface area contributed by atoms with Crippen molar-refractivity contribution in [3.63, 3.8) is 0 Å². The number of ether oxygens (including phenoxy) is 1. The lowest BCUT2D eigenvalue weighted by molar-refractivity contribution is -0.117. The van der Waals surface area contributed by atoms with Crippen molar-refractivity contribution in [2.45, 2.75) is 51.9 Å². The standard InChI is InChI=1S/C21H23FN2O3/c1-12(2)20-16(9-25)19(13-3-5-14(22)6-4-13)17-11-27-10-15-7-8-18(26)24(15)21(17)23-20/h3-6,12,15,25H,7-11H2,1-2H3/t15-/m1/s1. The van der Waals surface area contributed by atoms with E-state index in [1.54, 1.807) is 17.0 Å². The van der Waals surface area contributed by atoms with Gasteiger partial charge in [-0.2, -0.15) is 0 Å². The van der Waals surface area contributed by atoms with E-state index >= 15 is 0 Å². The van der Waals surface area contributed by atoms with Gasteiger partial charge in [-0.15, -0.1) is 0 Å². The van der Waals surface area contributed by atoms with Gasteiger partial charge in [-0.25, -0.2) is 9.37 Å². The number of aliphatic hydroxyl groups is 1. The Bertz CT molecular complexity index is 880. The summed E-state index contributed by atoms with van der Waals surface area (Å²) in [4.78, 5) is 19.2. The van der Waals surface area contributed by atoms with Gasteiger partial charge in [-0.05, 0) is 35.6 Å². The SMILES string of the molecule is CC(C)c1nc2c(c(-c3ccc(F)cc3)c1CO)COC[C@H]1CCC(=O)N21. The van der Waals surface area contributed by atoms with Crippen LogP contribution in [0.15, 0.2) is 24.3 Å². The quantitative estimate of drug-likeness (QED) is 0.898. The van der Waals surface area contributed by atoms with E-state index in [9.17, 15) is 14.3 Å². The molecule has 0 bridgehead atoms. The maximum absolute atomic E-state index is 13.5. The molecule has 27 heavy (non-hydrogen) atoms. The average Bonchev–Trinajstić information content (AvgIpc) is 2.91. The number of anilines is 1. The van der Waals surface area contributed by atoms with E-state index in [2.05, 4.69) is 0 Å². The lowest BCUT2D eigenvalue weighted by Crippen LogP contribution is -2.36. The summed E-state index contributed by atoms with van der Waals surface area (Å²) >= 11 is 0. The number of hydrogen-bond donors (Lipinski definition) is 1. The van der Waals surface area contributed by atoms with E-state index in [0.29, 0.717) is 31.0 Å². The van der Waals surface area contributed by atoms with Crippen LogP contribution in [0.3, 0.4) is 0 Å². The van der Waals surface area contributed by atoms with Crippen molar-refractivity contribution in [2.75, 3.05) is 11.5 Å². The highest BCUT2D eigenvalue weighted by atomic mass is 19.1. The van der Waals surface area contributed by atoms with Crippen LogP contribution < -0.4 is 4.90 Å². The highest BCUT2D eigenvalue weighted by Gasteiger charge is 2.38. The number of benzene rings is 1. The van der Waals surface area contributed by atoms with Gasteiger partial charge >= 0.3 is 0 Å². The maximum Gasteiger partial charge on any atom is 0.228 e. The van der Waals surface area contributed by atoms with Crippen LogP contribution in [0.5, 0.6) is 0 Å². The van der Waals surface area contributed by atoms with Crippen LogP contribution in [0.25, 0.3) is 11.1 Å². The summed E-state index contributed by atoms with van der Waals surface area (Å²) in [5, 5.41) is 10.1. The number of aromatic nitrogens is 1. The van der Waals surface area contributed by atoms with Gasteiger partial charge < -0.3 is 9.84 Å². The average molecular weight is 370 g/mol. The summed E-state index contributed by atoms with van der Waals surface area (Å²) in [5.41, 5.74) is 3.84. The second-order valence-electron chi connectivity index (χ2n) is 7.44. The first-order chi connectivity index (χ1) is 13.0. The van der Waals surface area contributed by atoms with Crippen molar-refractivity contribution in [3.05, 3.63) is 46.9 Å². The fourth-order valence-corrected chi connectivity index (χ4v) is 4.10. The first kappa shape index (κ1) is 18.1. The number of fused-ring (bicyclic) bond motifs is 3. The molecule has 6 heteroatoms. The third-order valence-electron chi connectivity index (χ3n) is 5.36. The molecular weight excluding hydrogens is 347 g/mol. The Hall–Kier alpha value is -2.31. The van der Waals surface area contributed by atoms with Crippen LogP contribution in [0.2, 0.25) is 0 Å². The Labute approximate surface area is 157 Å². The molecule has 1 aromatic carbocycles. The molecule has 1 amide bonds. The number of carbonyl (C=O) groups excluding carboxylic acids is 1. The molecule has 0 radical (unpaired) electrons. The molecule has 2 aliphatic rings. The van der Waals surface area contributed by atoms with Gasteiger partial charge in [-0.3, -0.25) is 9.69 Å². The summed E-state index contributed by atoms with van der Waals surface area (Å²) in [5.74, 6) is 0.424. The van der Waals surface area contributed by atoms with Crippen molar-refractivity contribution in [1.82, 2.24) is 4.98 Å². The van der Waals surface area contributed by atoms with Gasteiger partial charge in [0.15, 0.2) is 0 Å². The minimum atomic E-state index is -0.320. The van der Waals surface area contributed by atoms with Gasteiger partial charge in [0, 0.05) is 17.5 Å². The lowest BCUT2D eigenvalue weighted by Gasteiger charge is -2.26. The van der Waals surface area contributed by atoms with Crippen molar-refractivity contribution >= 4 is 11.7 Å². The molecule has 2 aliphatic heterocycles. The predicted octanol–water partition coefficient (Wildman–Crippen LogP) is 3.53. The molecule has 0 aliphatic carbocycles. The zero-order chi connectivity index (χ0) is 19.1. The summed E-state index contributed by atoms with van der Waals surface area (Å²) in [6.45, 7) is 4.62. The van der Waals surface area contributed by atoms with Crippen LogP contribution in [-0.2, 0) is 22.7 Å². The topological polar surface area (TPSA) is 62.7 Å². The van der Waals surface area contributed by atoms with Crippen LogP contribution >= 0.6 is 0 Å². The first-order valence-electron chi connectivity index (χ1n) is 9.33. The number of amides is 1. The third kappa shape index (κ3) is 3.03. The first-order valence-corrected chi connectivity index (χ1v) is 9.33. The molecule has 1 aromatic heterocycles. The number of carbonyl (C=O) groups is 1. The summed E-state index contributed by atoms with van der Waals surface area (Å²) in [6, 6.07) is 6.19. The molecule has 142 valence electrons. The monoisotopic (exact) mass is 370 g/mol. The van der Waals surface area contributed by atoms with Crippen molar-refractivity contribution in [2.24, 2.45) is 0 Å². The van der Waals surface area contributed by atoms with Crippen LogP contribution in [-0.4, -0.2) is 28.6 Å². The van der Waals surface area contributed by atoms with Gasteiger partial charge in [-0.1, -0.05) is 26.0 Å². The van der Waals surface area contributed by atoms with Crippen molar-refractivity contribution in [1.29, 1.82) is 0 Å². The number of hydrogen-bond acceptors (Lipinski definition) is 4. The van der Waals surface area contributed by atoms with E-state index in [4.69, 9.17) is 9.72 Å². The fourth-order valence-electron chi connectivity index (χ4n) is 4.10. The fraction of sp³-hybridized carbons (Fsp3) is 0.429. The third-order valence-corrected chi connectivity index (χ3v) is 5.36. The molecule has 0 saturated carbocycles. The van der Waals surface area contributed by atoms with E-state index < -0.39 is 0 Å². The number of halogens is 1. The van der Waals surface area contributed by atoms with Crippen LogP contribution in [0.1, 0.15) is 49.4 Å². The second-order valence-corrected chi connectivity index (χ2v) is 7.44. The molecule has 1 saturated heterocycles. The molecule has 2 aromatic rings. The summed E-state index contributed by atoms with van der Waals surface area (Å²) in [7, 11) is 0.